The summed E-state index contributed by atoms with van der Waals surface area (Å²) in [5, 5.41) is 3.53. The zero-order chi connectivity index (χ0) is 14.2. The normalized spacial score (nSPS) is 20.1. The molecule has 1 unspecified atom stereocenters. The monoisotopic (exact) mass is 277 g/mol. The quantitative estimate of drug-likeness (QED) is 0.769. The van der Waals surface area contributed by atoms with Crippen LogP contribution in [0.15, 0.2) is 29.2 Å². The number of piperidine rings is 1. The molecule has 0 radical (unpaired) electrons. The maximum Gasteiger partial charge on any atom is 0.250 e. The van der Waals surface area contributed by atoms with Gasteiger partial charge < -0.3 is 14.8 Å². The number of nitrogens with one attached hydrogen (secondary N) is 1. The zero-order valence-electron chi connectivity index (χ0n) is 12.6. The third-order valence-corrected chi connectivity index (χ3v) is 4.02. The molecule has 4 nitrogen and oxygen atoms in total. The van der Waals surface area contributed by atoms with Gasteiger partial charge in [0.05, 0.1) is 0 Å². The molecule has 0 amide bonds. The first kappa shape index (κ1) is 15.3. The van der Waals surface area contributed by atoms with E-state index in [0.29, 0.717) is 0 Å². The Bertz CT molecular complexity index is 443. The highest BCUT2D eigenvalue weighted by Gasteiger charge is 2.19. The third kappa shape index (κ3) is 4.76. The van der Waals surface area contributed by atoms with E-state index in [9.17, 15) is 4.79 Å². The van der Waals surface area contributed by atoms with Gasteiger partial charge in [-0.05, 0) is 50.9 Å². The van der Waals surface area contributed by atoms with E-state index in [1.165, 1.54) is 25.8 Å². The summed E-state index contributed by atoms with van der Waals surface area (Å²) in [6.07, 6.45) is 5.70. The predicted molar refractivity (Wildman–Crippen MR) is 83.0 cm³/mol. The smallest absolute Gasteiger partial charge is 0.250 e. The number of rotatable bonds is 7. The summed E-state index contributed by atoms with van der Waals surface area (Å²) in [4.78, 5) is 14.2. The van der Waals surface area contributed by atoms with Gasteiger partial charge in [-0.1, -0.05) is 13.0 Å². The van der Waals surface area contributed by atoms with Gasteiger partial charge in [0.2, 0.25) is 0 Å². The third-order valence-electron chi connectivity index (χ3n) is 4.02. The standard InChI is InChI=1S/C16H27N3O/c1-2-8-17-13-15-6-5-9-18(14-15)11-12-19-10-4-3-7-16(19)20/h3-4,7,10,15,17H,2,5-6,8-9,11-14H2,1H3. The van der Waals surface area contributed by atoms with Crippen LogP contribution < -0.4 is 10.9 Å². The van der Waals surface area contributed by atoms with Crippen molar-refractivity contribution >= 4 is 0 Å². The lowest BCUT2D eigenvalue weighted by Gasteiger charge is -2.33. The molecule has 0 spiro atoms. The second kappa shape index (κ2) is 8.22. The Morgan fingerprint density at radius 3 is 3.05 bits per heavy atom. The molecule has 0 bridgehead atoms. The van der Waals surface area contributed by atoms with Crippen molar-refractivity contribution in [3.63, 3.8) is 0 Å². The molecule has 1 aliphatic rings. The highest BCUT2D eigenvalue weighted by Crippen LogP contribution is 2.15. The minimum Gasteiger partial charge on any atom is -0.316 e. The van der Waals surface area contributed by atoms with Gasteiger partial charge in [-0.15, -0.1) is 0 Å². The molecule has 4 heteroatoms. The van der Waals surface area contributed by atoms with E-state index in [0.717, 1.165) is 38.6 Å². The zero-order valence-corrected chi connectivity index (χ0v) is 12.6. The van der Waals surface area contributed by atoms with E-state index in [1.807, 2.05) is 12.3 Å². The van der Waals surface area contributed by atoms with Crippen molar-refractivity contribution in [2.45, 2.75) is 32.7 Å². The maximum atomic E-state index is 11.7. The van der Waals surface area contributed by atoms with Crippen molar-refractivity contribution in [2.24, 2.45) is 5.92 Å². The van der Waals surface area contributed by atoms with Gasteiger partial charge in [0.1, 0.15) is 0 Å². The van der Waals surface area contributed by atoms with Gasteiger partial charge in [-0.2, -0.15) is 0 Å². The van der Waals surface area contributed by atoms with Crippen molar-refractivity contribution in [3.05, 3.63) is 34.7 Å². The Balaban J connectivity index is 1.75. The van der Waals surface area contributed by atoms with Crippen molar-refractivity contribution in [3.8, 4) is 0 Å². The van der Waals surface area contributed by atoms with Gasteiger partial charge in [0, 0.05) is 31.9 Å². The molecule has 1 aliphatic heterocycles. The number of hydrogen-bond donors (Lipinski definition) is 1. The fourth-order valence-corrected chi connectivity index (χ4v) is 2.90. The van der Waals surface area contributed by atoms with E-state index >= 15 is 0 Å². The lowest BCUT2D eigenvalue weighted by atomic mass is 9.98. The summed E-state index contributed by atoms with van der Waals surface area (Å²) in [5.41, 5.74) is 0.102. The van der Waals surface area contributed by atoms with E-state index in [-0.39, 0.29) is 5.56 Å². The fourth-order valence-electron chi connectivity index (χ4n) is 2.90. The van der Waals surface area contributed by atoms with Crippen LogP contribution in [0, 0.1) is 5.92 Å². The molecule has 1 fully saturated rings. The second-order valence-corrected chi connectivity index (χ2v) is 5.75. The van der Waals surface area contributed by atoms with Gasteiger partial charge in [-0.3, -0.25) is 4.79 Å². The molecule has 1 saturated heterocycles. The number of likely N-dealkylation sites (tertiary alicyclic amines) is 1. The highest BCUT2D eigenvalue weighted by molar-refractivity contribution is 4.93. The Hall–Kier alpha value is -1.13. The molecule has 20 heavy (non-hydrogen) atoms. The Kier molecular flexibility index (Phi) is 6.27. The molecule has 1 N–H and O–H groups in total. The van der Waals surface area contributed by atoms with Crippen LogP contribution in [-0.4, -0.2) is 42.2 Å². The summed E-state index contributed by atoms with van der Waals surface area (Å²) in [5.74, 6) is 0.766. The average molecular weight is 277 g/mol. The lowest BCUT2D eigenvalue weighted by molar-refractivity contribution is 0.167. The molecular formula is C16H27N3O. The molecule has 112 valence electrons. The lowest BCUT2D eigenvalue weighted by Crippen LogP contribution is -2.41. The molecule has 0 aliphatic carbocycles. The first-order valence-electron chi connectivity index (χ1n) is 7.88. The molecule has 2 rings (SSSR count). The molecule has 0 aromatic carbocycles. The molecule has 0 saturated carbocycles. The van der Waals surface area contributed by atoms with Crippen LogP contribution in [0.1, 0.15) is 26.2 Å². The number of hydrogen-bond acceptors (Lipinski definition) is 3. The summed E-state index contributed by atoms with van der Waals surface area (Å²) in [6.45, 7) is 8.58. The van der Waals surface area contributed by atoms with Crippen LogP contribution in [0.5, 0.6) is 0 Å². The first-order chi connectivity index (χ1) is 9.79. The molecular weight excluding hydrogens is 250 g/mol. The molecule has 1 aromatic rings. The number of aromatic nitrogens is 1. The van der Waals surface area contributed by atoms with E-state index in [2.05, 4.69) is 17.1 Å². The van der Waals surface area contributed by atoms with Gasteiger partial charge in [0.25, 0.3) is 5.56 Å². The van der Waals surface area contributed by atoms with Crippen molar-refractivity contribution in [2.75, 3.05) is 32.7 Å². The predicted octanol–water partition coefficient (Wildman–Crippen LogP) is 1.56. The Labute approximate surface area is 121 Å². The van der Waals surface area contributed by atoms with Crippen LogP contribution in [0.25, 0.3) is 0 Å². The van der Waals surface area contributed by atoms with Crippen LogP contribution in [0.2, 0.25) is 0 Å². The molecule has 1 atom stereocenters. The summed E-state index contributed by atoms with van der Waals surface area (Å²) in [6, 6.07) is 5.36. The van der Waals surface area contributed by atoms with Crippen molar-refractivity contribution < 1.29 is 0 Å². The van der Waals surface area contributed by atoms with Gasteiger partial charge in [0.15, 0.2) is 0 Å². The van der Waals surface area contributed by atoms with E-state index in [1.54, 1.807) is 16.7 Å². The van der Waals surface area contributed by atoms with E-state index < -0.39 is 0 Å². The van der Waals surface area contributed by atoms with Gasteiger partial charge in [-0.25, -0.2) is 0 Å². The molecule has 1 aromatic heterocycles. The average Bonchev–Trinajstić information content (AvgIpc) is 2.47. The SMILES string of the molecule is CCCNCC1CCCN(CCn2ccccc2=O)C1. The number of pyridine rings is 1. The Morgan fingerprint density at radius 1 is 1.35 bits per heavy atom. The fraction of sp³-hybridized carbons (Fsp3) is 0.688. The van der Waals surface area contributed by atoms with Crippen molar-refractivity contribution in [1.82, 2.24) is 14.8 Å². The van der Waals surface area contributed by atoms with Crippen LogP contribution in [-0.2, 0) is 6.54 Å². The largest absolute Gasteiger partial charge is 0.316 e. The van der Waals surface area contributed by atoms with Gasteiger partial charge >= 0.3 is 0 Å². The van der Waals surface area contributed by atoms with Crippen LogP contribution in [0.4, 0.5) is 0 Å². The van der Waals surface area contributed by atoms with E-state index in [4.69, 9.17) is 0 Å². The summed E-state index contributed by atoms with van der Waals surface area (Å²) < 4.78 is 1.80. The minimum atomic E-state index is 0.102. The van der Waals surface area contributed by atoms with Crippen LogP contribution >= 0.6 is 0 Å². The maximum absolute atomic E-state index is 11.7. The van der Waals surface area contributed by atoms with Crippen molar-refractivity contribution in [1.29, 1.82) is 0 Å². The highest BCUT2D eigenvalue weighted by atomic mass is 16.1. The minimum absolute atomic E-state index is 0.102. The van der Waals surface area contributed by atoms with Crippen LogP contribution in [0.3, 0.4) is 0 Å². The number of nitrogens with zero attached hydrogens (tertiary/aromatic N) is 2. The summed E-state index contributed by atoms with van der Waals surface area (Å²) >= 11 is 0. The second-order valence-electron chi connectivity index (χ2n) is 5.75. The Morgan fingerprint density at radius 2 is 2.25 bits per heavy atom. The molecule has 2 heterocycles. The summed E-state index contributed by atoms with van der Waals surface area (Å²) in [7, 11) is 0. The topological polar surface area (TPSA) is 37.3 Å². The first-order valence-corrected chi connectivity index (χ1v) is 7.88.